The highest BCUT2D eigenvalue weighted by molar-refractivity contribution is 7.89. The lowest BCUT2D eigenvalue weighted by Gasteiger charge is -2.26. The first-order chi connectivity index (χ1) is 9.42. The van der Waals surface area contributed by atoms with Crippen molar-refractivity contribution in [2.45, 2.75) is 56.2 Å². The van der Waals surface area contributed by atoms with Gasteiger partial charge in [-0.05, 0) is 55.9 Å². The molecule has 0 atom stereocenters. The number of benzene rings is 1. The molecule has 4 N–H and O–H groups in total. The summed E-state index contributed by atoms with van der Waals surface area (Å²) >= 11 is 0. The van der Waals surface area contributed by atoms with Gasteiger partial charge in [-0.15, -0.1) is 0 Å². The van der Waals surface area contributed by atoms with Gasteiger partial charge >= 0.3 is 0 Å². The van der Waals surface area contributed by atoms with E-state index in [4.69, 9.17) is 5.73 Å². The quantitative estimate of drug-likeness (QED) is 0.774. The molecule has 5 nitrogen and oxygen atoms in total. The highest BCUT2D eigenvalue weighted by atomic mass is 32.2. The van der Waals surface area contributed by atoms with Crippen LogP contribution in [-0.2, 0) is 16.6 Å². The van der Waals surface area contributed by atoms with Crippen LogP contribution in [0.4, 0.5) is 0 Å². The van der Waals surface area contributed by atoms with E-state index in [1.165, 1.54) is 0 Å². The molecule has 0 heterocycles. The molecule has 0 unspecified atom stereocenters. The third kappa shape index (κ3) is 3.58. The Bertz CT molecular complexity index is 564. The van der Waals surface area contributed by atoms with Crippen LogP contribution in [0.15, 0.2) is 23.1 Å². The van der Waals surface area contributed by atoms with Crippen molar-refractivity contribution in [2.75, 3.05) is 0 Å². The first-order valence-corrected chi connectivity index (χ1v) is 8.40. The average Bonchev–Trinajstić information content (AvgIpc) is 2.41. The Hall–Kier alpha value is -0.950. The van der Waals surface area contributed by atoms with Crippen molar-refractivity contribution in [1.82, 2.24) is 4.72 Å². The summed E-state index contributed by atoms with van der Waals surface area (Å²) in [7, 11) is -3.50. The lowest BCUT2D eigenvalue weighted by atomic mass is 9.94. The standard InChI is InChI=1S/C14H22N2O3S/c1-10-8-14(7-2-11(10)9-15)20(18,19)16-12-3-5-13(17)6-4-12/h2,7-8,12-13,16-17H,3-6,9,15H2,1H3. The topological polar surface area (TPSA) is 92.4 Å². The Balaban J connectivity index is 2.12. The molecule has 2 rings (SSSR count). The number of rotatable bonds is 4. The van der Waals surface area contributed by atoms with Crippen LogP contribution in [0.2, 0.25) is 0 Å². The number of aliphatic hydroxyl groups excluding tert-OH is 1. The molecule has 0 radical (unpaired) electrons. The van der Waals surface area contributed by atoms with Crippen LogP contribution < -0.4 is 10.5 Å². The van der Waals surface area contributed by atoms with E-state index in [9.17, 15) is 13.5 Å². The molecule has 20 heavy (non-hydrogen) atoms. The van der Waals surface area contributed by atoms with Crippen molar-refractivity contribution in [2.24, 2.45) is 5.73 Å². The second kappa shape index (κ2) is 6.22. The van der Waals surface area contributed by atoms with Gasteiger partial charge in [0.25, 0.3) is 0 Å². The van der Waals surface area contributed by atoms with Gasteiger partial charge in [-0.25, -0.2) is 13.1 Å². The average molecular weight is 298 g/mol. The fourth-order valence-electron chi connectivity index (χ4n) is 2.55. The predicted molar refractivity (Wildman–Crippen MR) is 77.7 cm³/mol. The van der Waals surface area contributed by atoms with Gasteiger partial charge in [-0.1, -0.05) is 6.07 Å². The monoisotopic (exact) mass is 298 g/mol. The SMILES string of the molecule is Cc1cc(S(=O)(=O)NC2CCC(O)CC2)ccc1CN. The largest absolute Gasteiger partial charge is 0.393 e. The van der Waals surface area contributed by atoms with Gasteiger partial charge in [-0.2, -0.15) is 0 Å². The molecule has 112 valence electrons. The van der Waals surface area contributed by atoms with E-state index in [1.54, 1.807) is 18.2 Å². The Kier molecular flexibility index (Phi) is 4.80. The Labute approximate surface area is 120 Å². The number of nitrogens with one attached hydrogen (secondary N) is 1. The fraction of sp³-hybridized carbons (Fsp3) is 0.571. The van der Waals surface area contributed by atoms with Crippen LogP contribution >= 0.6 is 0 Å². The molecule has 1 saturated carbocycles. The van der Waals surface area contributed by atoms with Crippen molar-refractivity contribution in [3.05, 3.63) is 29.3 Å². The fourth-order valence-corrected chi connectivity index (χ4v) is 3.94. The molecule has 1 aromatic rings. The molecule has 0 amide bonds. The van der Waals surface area contributed by atoms with Gasteiger partial charge in [0.15, 0.2) is 0 Å². The molecule has 6 heteroatoms. The van der Waals surface area contributed by atoms with Crippen LogP contribution in [0, 0.1) is 6.92 Å². The highest BCUT2D eigenvalue weighted by Crippen LogP contribution is 2.21. The van der Waals surface area contributed by atoms with Gasteiger partial charge in [0.1, 0.15) is 0 Å². The number of nitrogens with two attached hydrogens (primary N) is 1. The zero-order valence-electron chi connectivity index (χ0n) is 11.7. The maximum atomic E-state index is 12.3. The Morgan fingerprint density at radius 1 is 1.30 bits per heavy atom. The first-order valence-electron chi connectivity index (χ1n) is 6.92. The predicted octanol–water partition coefficient (Wildman–Crippen LogP) is 1.04. The van der Waals surface area contributed by atoms with Gasteiger partial charge in [0.2, 0.25) is 10.0 Å². The summed E-state index contributed by atoms with van der Waals surface area (Å²) in [5.41, 5.74) is 7.42. The molecule has 1 aliphatic rings. The zero-order chi connectivity index (χ0) is 14.8. The summed E-state index contributed by atoms with van der Waals surface area (Å²) in [6, 6.07) is 4.92. The van der Waals surface area contributed by atoms with E-state index < -0.39 is 10.0 Å². The molecule has 0 saturated heterocycles. The summed E-state index contributed by atoms with van der Waals surface area (Å²) in [6.07, 6.45) is 2.37. The molecule has 0 spiro atoms. The van der Waals surface area contributed by atoms with Crippen molar-refractivity contribution >= 4 is 10.0 Å². The molecule has 1 aromatic carbocycles. The minimum atomic E-state index is -3.50. The van der Waals surface area contributed by atoms with Crippen LogP contribution in [-0.4, -0.2) is 25.7 Å². The second-order valence-electron chi connectivity index (χ2n) is 5.42. The number of hydrogen-bond donors (Lipinski definition) is 3. The minimum Gasteiger partial charge on any atom is -0.393 e. The molecular weight excluding hydrogens is 276 g/mol. The summed E-state index contributed by atoms with van der Waals surface area (Å²) in [5.74, 6) is 0. The molecule has 0 aromatic heterocycles. The first kappa shape index (κ1) is 15.4. The van der Waals surface area contributed by atoms with E-state index in [2.05, 4.69) is 4.72 Å². The molecular formula is C14H22N2O3S. The molecule has 0 bridgehead atoms. The van der Waals surface area contributed by atoms with E-state index in [0.29, 0.717) is 32.2 Å². The second-order valence-corrected chi connectivity index (χ2v) is 7.13. The summed E-state index contributed by atoms with van der Waals surface area (Å²) in [5, 5.41) is 9.45. The Morgan fingerprint density at radius 3 is 2.50 bits per heavy atom. The molecule has 1 aliphatic carbocycles. The van der Waals surface area contributed by atoms with Gasteiger partial charge in [0.05, 0.1) is 11.0 Å². The van der Waals surface area contributed by atoms with Crippen LogP contribution in [0.3, 0.4) is 0 Å². The van der Waals surface area contributed by atoms with Crippen LogP contribution in [0.5, 0.6) is 0 Å². The third-order valence-electron chi connectivity index (χ3n) is 3.86. The van der Waals surface area contributed by atoms with Crippen LogP contribution in [0.1, 0.15) is 36.8 Å². The van der Waals surface area contributed by atoms with Crippen LogP contribution in [0.25, 0.3) is 0 Å². The number of hydrogen-bond acceptors (Lipinski definition) is 4. The van der Waals surface area contributed by atoms with E-state index in [-0.39, 0.29) is 17.0 Å². The van der Waals surface area contributed by atoms with E-state index in [1.807, 2.05) is 6.92 Å². The smallest absolute Gasteiger partial charge is 0.240 e. The van der Waals surface area contributed by atoms with Gasteiger partial charge < -0.3 is 10.8 Å². The number of sulfonamides is 1. The van der Waals surface area contributed by atoms with Crippen molar-refractivity contribution < 1.29 is 13.5 Å². The van der Waals surface area contributed by atoms with Gasteiger partial charge in [0, 0.05) is 12.6 Å². The number of aliphatic hydroxyl groups is 1. The van der Waals surface area contributed by atoms with E-state index in [0.717, 1.165) is 11.1 Å². The maximum Gasteiger partial charge on any atom is 0.240 e. The number of aryl methyl sites for hydroxylation is 1. The highest BCUT2D eigenvalue weighted by Gasteiger charge is 2.24. The third-order valence-corrected chi connectivity index (χ3v) is 5.38. The Morgan fingerprint density at radius 2 is 1.95 bits per heavy atom. The van der Waals surface area contributed by atoms with E-state index >= 15 is 0 Å². The summed E-state index contributed by atoms with van der Waals surface area (Å²) in [6.45, 7) is 2.26. The summed E-state index contributed by atoms with van der Waals surface area (Å²) in [4.78, 5) is 0.276. The lowest BCUT2D eigenvalue weighted by Crippen LogP contribution is -2.38. The zero-order valence-corrected chi connectivity index (χ0v) is 12.5. The molecule has 0 aliphatic heterocycles. The molecule has 1 fully saturated rings. The van der Waals surface area contributed by atoms with Crippen molar-refractivity contribution in [1.29, 1.82) is 0 Å². The lowest BCUT2D eigenvalue weighted by molar-refractivity contribution is 0.120. The minimum absolute atomic E-state index is 0.0853. The van der Waals surface area contributed by atoms with Crippen molar-refractivity contribution in [3.63, 3.8) is 0 Å². The normalized spacial score (nSPS) is 23.8. The van der Waals surface area contributed by atoms with Crippen molar-refractivity contribution in [3.8, 4) is 0 Å². The summed E-state index contributed by atoms with van der Waals surface area (Å²) < 4.78 is 27.4. The van der Waals surface area contributed by atoms with Gasteiger partial charge in [-0.3, -0.25) is 0 Å². The maximum absolute atomic E-state index is 12.3.